The first-order valence-electron chi connectivity index (χ1n) is 13.3. The van der Waals surface area contributed by atoms with Crippen LogP contribution in [-0.4, -0.2) is 58.5 Å². The lowest BCUT2D eigenvalue weighted by atomic mass is 10.1. The summed E-state index contributed by atoms with van der Waals surface area (Å²) in [5.41, 5.74) is 0.851. The predicted octanol–water partition coefficient (Wildman–Crippen LogP) is 4.89. The summed E-state index contributed by atoms with van der Waals surface area (Å²) in [6.07, 6.45) is 1.05. The summed E-state index contributed by atoms with van der Waals surface area (Å²) in [6.45, 7) is 3.68. The van der Waals surface area contributed by atoms with Gasteiger partial charge in [0, 0.05) is 18.1 Å². The molecular weight excluding hydrogens is 566 g/mol. The highest BCUT2D eigenvalue weighted by Gasteiger charge is 2.34. The minimum atomic E-state index is -4.25. The molecule has 0 fully saturated rings. The number of methoxy groups -OCH3 is 2. The predicted molar refractivity (Wildman–Crippen MR) is 160 cm³/mol. The van der Waals surface area contributed by atoms with E-state index >= 15 is 0 Å². The Bertz CT molecular complexity index is 1420. The highest BCUT2D eigenvalue weighted by molar-refractivity contribution is 7.92. The zero-order valence-electron chi connectivity index (χ0n) is 23.7. The number of anilines is 1. The first kappa shape index (κ1) is 31.8. The maximum atomic E-state index is 14.1. The fourth-order valence-electron chi connectivity index (χ4n) is 4.30. The Morgan fingerprint density at radius 1 is 0.951 bits per heavy atom. The van der Waals surface area contributed by atoms with Gasteiger partial charge in [-0.3, -0.25) is 13.9 Å². The van der Waals surface area contributed by atoms with E-state index in [0.717, 1.165) is 16.3 Å². The summed E-state index contributed by atoms with van der Waals surface area (Å²) in [6, 6.07) is 18.6. The van der Waals surface area contributed by atoms with Crippen LogP contribution in [0.1, 0.15) is 32.3 Å². The number of sulfonamides is 1. The van der Waals surface area contributed by atoms with Crippen molar-refractivity contribution >= 4 is 39.1 Å². The third-order valence-corrected chi connectivity index (χ3v) is 8.48. The molecule has 0 aliphatic carbocycles. The van der Waals surface area contributed by atoms with Gasteiger partial charge in [0.05, 0.1) is 24.8 Å². The molecule has 9 nitrogen and oxygen atoms in total. The number of nitrogens with zero attached hydrogens (tertiary/aromatic N) is 2. The van der Waals surface area contributed by atoms with Crippen LogP contribution >= 0.6 is 11.6 Å². The van der Waals surface area contributed by atoms with E-state index in [1.165, 1.54) is 36.3 Å². The number of nitrogens with one attached hydrogen (secondary N) is 1. The normalized spacial score (nSPS) is 11.8. The Morgan fingerprint density at radius 3 is 2.22 bits per heavy atom. The third-order valence-electron chi connectivity index (χ3n) is 6.47. The van der Waals surface area contributed by atoms with Gasteiger partial charge >= 0.3 is 0 Å². The highest BCUT2D eigenvalue weighted by atomic mass is 35.5. The molecule has 0 aliphatic heterocycles. The molecule has 0 aliphatic rings. The van der Waals surface area contributed by atoms with E-state index in [2.05, 4.69) is 5.32 Å². The number of carbonyl (C=O) groups is 2. The van der Waals surface area contributed by atoms with Crippen molar-refractivity contribution in [1.29, 1.82) is 0 Å². The van der Waals surface area contributed by atoms with Crippen molar-refractivity contribution < 1.29 is 27.5 Å². The molecule has 11 heteroatoms. The second kappa shape index (κ2) is 14.7. The van der Waals surface area contributed by atoms with Gasteiger partial charge in [0.1, 0.15) is 24.1 Å². The minimum absolute atomic E-state index is 0.00994. The van der Waals surface area contributed by atoms with Gasteiger partial charge in [-0.2, -0.15) is 0 Å². The van der Waals surface area contributed by atoms with Crippen molar-refractivity contribution in [1.82, 2.24) is 10.2 Å². The molecule has 0 aromatic heterocycles. The lowest BCUT2D eigenvalue weighted by molar-refractivity contribution is -0.140. The first-order chi connectivity index (χ1) is 19.7. The maximum absolute atomic E-state index is 14.1. The fourth-order valence-corrected chi connectivity index (χ4v) is 5.91. The minimum Gasteiger partial charge on any atom is -0.497 e. The molecule has 2 amide bonds. The molecule has 1 atom stereocenters. The van der Waals surface area contributed by atoms with E-state index in [4.69, 9.17) is 21.1 Å². The molecule has 1 N–H and O–H groups in total. The third kappa shape index (κ3) is 7.92. The fraction of sp³-hybridized carbons (Fsp3) is 0.333. The summed E-state index contributed by atoms with van der Waals surface area (Å²) in [5, 5.41) is 3.13. The average molecular weight is 602 g/mol. The summed E-state index contributed by atoms with van der Waals surface area (Å²) < 4.78 is 39.6. The molecular formula is C30H36ClN3O6S. The molecule has 3 aromatic carbocycles. The van der Waals surface area contributed by atoms with Crippen LogP contribution in [-0.2, 0) is 26.2 Å². The van der Waals surface area contributed by atoms with Crippen LogP contribution in [0.3, 0.4) is 0 Å². The maximum Gasteiger partial charge on any atom is 0.264 e. The van der Waals surface area contributed by atoms with Gasteiger partial charge < -0.3 is 19.7 Å². The van der Waals surface area contributed by atoms with Crippen LogP contribution < -0.4 is 19.1 Å². The molecule has 0 bridgehead atoms. The Kier molecular flexibility index (Phi) is 11.4. The van der Waals surface area contributed by atoms with E-state index in [0.29, 0.717) is 18.7 Å². The Labute approximate surface area is 247 Å². The molecule has 41 heavy (non-hydrogen) atoms. The average Bonchev–Trinajstić information content (AvgIpc) is 2.99. The standard InChI is InChI=1S/C30H36ClN3O6S/c1-5-18-32-30(36)26(6-2)33(20-22-12-15-24(39-3)16-13-22)29(35)21-34(27-19-23(31)14-17-28(27)40-4)41(37,38)25-10-8-7-9-11-25/h7-17,19,26H,5-6,18,20-21H2,1-4H3,(H,32,36)/t26-/m1/s1. The Hall–Kier alpha value is -3.76. The van der Waals surface area contributed by atoms with Crippen molar-refractivity contribution in [2.75, 3.05) is 31.6 Å². The first-order valence-corrected chi connectivity index (χ1v) is 15.1. The van der Waals surface area contributed by atoms with Gasteiger partial charge in [-0.1, -0.05) is 55.8 Å². The van der Waals surface area contributed by atoms with Gasteiger partial charge in [0.25, 0.3) is 10.0 Å². The van der Waals surface area contributed by atoms with Crippen LogP contribution in [0.2, 0.25) is 5.02 Å². The summed E-state index contributed by atoms with van der Waals surface area (Å²) in [4.78, 5) is 28.7. The molecule has 0 saturated carbocycles. The van der Waals surface area contributed by atoms with Crippen molar-refractivity contribution in [2.24, 2.45) is 0 Å². The van der Waals surface area contributed by atoms with Gasteiger partial charge in [-0.15, -0.1) is 0 Å². The van der Waals surface area contributed by atoms with E-state index in [1.807, 2.05) is 13.8 Å². The molecule has 3 aromatic rings. The number of amides is 2. The van der Waals surface area contributed by atoms with Crippen LogP contribution in [0.25, 0.3) is 0 Å². The molecule has 0 spiro atoms. The van der Waals surface area contributed by atoms with Crippen LogP contribution in [0.5, 0.6) is 11.5 Å². The van der Waals surface area contributed by atoms with Gasteiger partial charge in [0.15, 0.2) is 0 Å². The largest absolute Gasteiger partial charge is 0.497 e. The SMILES string of the molecule is CCCNC(=O)[C@@H](CC)N(Cc1ccc(OC)cc1)C(=O)CN(c1cc(Cl)ccc1OC)S(=O)(=O)c1ccccc1. The quantitative estimate of drug-likeness (QED) is 0.282. The number of carbonyl (C=O) groups excluding carboxylic acids is 2. The number of rotatable bonds is 14. The second-order valence-electron chi connectivity index (χ2n) is 9.23. The zero-order valence-corrected chi connectivity index (χ0v) is 25.2. The summed E-state index contributed by atoms with van der Waals surface area (Å²) >= 11 is 6.27. The molecule has 3 rings (SSSR count). The number of hydrogen-bond donors (Lipinski definition) is 1. The lowest BCUT2D eigenvalue weighted by Crippen LogP contribution is -2.52. The van der Waals surface area contributed by atoms with E-state index < -0.39 is 28.5 Å². The monoisotopic (exact) mass is 601 g/mol. The van der Waals surface area contributed by atoms with Crippen molar-refractivity contribution in [3.05, 3.63) is 83.4 Å². The van der Waals surface area contributed by atoms with E-state index in [9.17, 15) is 18.0 Å². The zero-order chi connectivity index (χ0) is 30.0. The van der Waals surface area contributed by atoms with Crippen molar-refractivity contribution in [2.45, 2.75) is 44.2 Å². The van der Waals surface area contributed by atoms with Gasteiger partial charge in [-0.05, 0) is 60.9 Å². The molecule has 0 saturated heterocycles. The van der Waals surface area contributed by atoms with Crippen LogP contribution in [0, 0.1) is 0 Å². The van der Waals surface area contributed by atoms with Gasteiger partial charge in [-0.25, -0.2) is 8.42 Å². The van der Waals surface area contributed by atoms with Crippen LogP contribution in [0.4, 0.5) is 5.69 Å². The highest BCUT2D eigenvalue weighted by Crippen LogP contribution is 2.35. The molecule has 220 valence electrons. The Morgan fingerprint density at radius 2 is 1.63 bits per heavy atom. The summed E-state index contributed by atoms with van der Waals surface area (Å²) in [5.74, 6) is -0.0152. The molecule has 0 unspecified atom stereocenters. The lowest BCUT2D eigenvalue weighted by Gasteiger charge is -2.33. The van der Waals surface area contributed by atoms with E-state index in [-0.39, 0.29) is 33.8 Å². The van der Waals surface area contributed by atoms with E-state index in [1.54, 1.807) is 55.6 Å². The number of hydrogen-bond acceptors (Lipinski definition) is 6. The smallest absolute Gasteiger partial charge is 0.264 e. The van der Waals surface area contributed by atoms with Crippen molar-refractivity contribution in [3.8, 4) is 11.5 Å². The molecule has 0 heterocycles. The number of halogens is 1. The number of ether oxygens (including phenoxy) is 2. The molecule has 0 radical (unpaired) electrons. The van der Waals surface area contributed by atoms with Crippen molar-refractivity contribution in [3.63, 3.8) is 0 Å². The van der Waals surface area contributed by atoms with Gasteiger partial charge in [0.2, 0.25) is 11.8 Å². The Balaban J connectivity index is 2.10. The van der Waals surface area contributed by atoms with Crippen LogP contribution in [0.15, 0.2) is 77.7 Å². The topological polar surface area (TPSA) is 105 Å². The number of benzene rings is 3. The second-order valence-corrected chi connectivity index (χ2v) is 11.5. The summed E-state index contributed by atoms with van der Waals surface area (Å²) in [7, 11) is -1.29.